The summed E-state index contributed by atoms with van der Waals surface area (Å²) in [5.41, 5.74) is 1.96. The van der Waals surface area contributed by atoms with Crippen LogP contribution in [0.1, 0.15) is 15.9 Å². The predicted molar refractivity (Wildman–Crippen MR) is 110 cm³/mol. The van der Waals surface area contributed by atoms with Crippen LogP contribution in [0, 0.1) is 6.92 Å². The van der Waals surface area contributed by atoms with Crippen molar-refractivity contribution >= 4 is 51.6 Å². The molecule has 2 aromatic carbocycles. The lowest BCUT2D eigenvalue weighted by molar-refractivity contribution is -0.122. The molecule has 144 valence electrons. The first-order valence-electron chi connectivity index (χ1n) is 8.39. The van der Waals surface area contributed by atoms with E-state index in [1.54, 1.807) is 36.5 Å². The van der Waals surface area contributed by atoms with E-state index in [9.17, 15) is 9.59 Å². The Labute approximate surface area is 171 Å². The van der Waals surface area contributed by atoms with Gasteiger partial charge in [-0.05, 0) is 31.2 Å². The third kappa shape index (κ3) is 4.03. The molecular weight excluding hydrogens is 401 g/mol. The first kappa shape index (κ1) is 19.9. The first-order chi connectivity index (χ1) is 13.4. The number of rotatable bonds is 5. The van der Waals surface area contributed by atoms with Gasteiger partial charge in [-0.2, -0.15) is 0 Å². The van der Waals surface area contributed by atoms with Gasteiger partial charge in [-0.15, -0.1) is 0 Å². The number of pyridine rings is 1. The number of aromatic nitrogens is 1. The highest BCUT2D eigenvalue weighted by Gasteiger charge is 2.17. The van der Waals surface area contributed by atoms with Crippen LogP contribution in [0.4, 0.5) is 5.69 Å². The normalized spacial score (nSPS) is 10.6. The molecule has 3 rings (SSSR count). The number of nitrogens with zero attached hydrogens (tertiary/aromatic N) is 1. The van der Waals surface area contributed by atoms with Crippen LogP contribution in [0.3, 0.4) is 0 Å². The lowest BCUT2D eigenvalue weighted by Crippen LogP contribution is -2.25. The molecule has 0 fully saturated rings. The molecule has 1 heterocycles. The second-order valence-electron chi connectivity index (χ2n) is 5.98. The number of hydrogen-bond acceptors (Lipinski definition) is 4. The van der Waals surface area contributed by atoms with Gasteiger partial charge in [0.1, 0.15) is 5.75 Å². The van der Waals surface area contributed by atoms with E-state index in [0.717, 1.165) is 5.56 Å². The van der Waals surface area contributed by atoms with Gasteiger partial charge in [0.25, 0.3) is 11.8 Å². The second-order valence-corrected chi connectivity index (χ2v) is 6.80. The van der Waals surface area contributed by atoms with Crippen molar-refractivity contribution in [2.45, 2.75) is 6.92 Å². The quantitative estimate of drug-likeness (QED) is 0.650. The fourth-order valence-corrected chi connectivity index (χ4v) is 3.27. The van der Waals surface area contributed by atoms with Crippen molar-refractivity contribution in [1.82, 2.24) is 10.3 Å². The summed E-state index contributed by atoms with van der Waals surface area (Å²) in [7, 11) is 1.54. The maximum absolute atomic E-state index is 12.7. The number of carbonyl (C=O) groups excluding carboxylic acids is 2. The van der Waals surface area contributed by atoms with Crippen LogP contribution >= 0.6 is 23.2 Å². The second kappa shape index (κ2) is 8.46. The highest BCUT2D eigenvalue weighted by molar-refractivity contribution is 6.40. The number of benzene rings is 2. The third-order valence-corrected chi connectivity index (χ3v) is 4.72. The molecule has 0 aliphatic heterocycles. The predicted octanol–water partition coefficient (Wildman–Crippen LogP) is 4.23. The Morgan fingerprint density at radius 2 is 1.79 bits per heavy atom. The number of ether oxygens (including phenoxy) is 1. The number of nitrogens with one attached hydrogen (secondary N) is 2. The molecule has 6 nitrogen and oxygen atoms in total. The molecule has 1 aromatic heterocycles. The Bertz CT molecular complexity index is 1050. The van der Waals surface area contributed by atoms with Crippen molar-refractivity contribution in [3.8, 4) is 5.75 Å². The Hall–Kier alpha value is -2.83. The third-order valence-electron chi connectivity index (χ3n) is 4.09. The van der Waals surface area contributed by atoms with E-state index in [4.69, 9.17) is 27.9 Å². The molecule has 3 aromatic rings. The van der Waals surface area contributed by atoms with E-state index in [0.29, 0.717) is 22.3 Å². The van der Waals surface area contributed by atoms with Gasteiger partial charge in [0.15, 0.2) is 6.61 Å². The number of anilines is 1. The lowest BCUT2D eigenvalue weighted by Gasteiger charge is -2.14. The summed E-state index contributed by atoms with van der Waals surface area (Å²) in [6, 6.07) is 10.2. The number of para-hydroxylation sites is 1. The standard InChI is InChI=1S/C20H17Cl2N3O3/c1-11-9-24-18-12(19(11)28-10-16(26)23-2)5-3-8-15(18)25-20(27)17-13(21)6-4-7-14(17)22/h3-9H,10H2,1-2H3,(H,23,26)(H,25,27). The maximum atomic E-state index is 12.7. The van der Waals surface area contributed by atoms with Gasteiger partial charge in [0, 0.05) is 24.2 Å². The number of amides is 2. The van der Waals surface area contributed by atoms with Gasteiger partial charge in [0.2, 0.25) is 0 Å². The fraction of sp³-hybridized carbons (Fsp3) is 0.150. The van der Waals surface area contributed by atoms with Crippen molar-refractivity contribution in [3.05, 3.63) is 63.8 Å². The summed E-state index contributed by atoms with van der Waals surface area (Å²) in [5, 5.41) is 6.49. The summed E-state index contributed by atoms with van der Waals surface area (Å²) in [6.07, 6.45) is 1.62. The average molecular weight is 418 g/mol. The zero-order chi connectivity index (χ0) is 20.3. The smallest absolute Gasteiger partial charge is 0.258 e. The van der Waals surface area contributed by atoms with Crippen LogP contribution < -0.4 is 15.4 Å². The molecule has 0 aliphatic carbocycles. The number of carbonyl (C=O) groups is 2. The number of halogens is 2. The van der Waals surface area contributed by atoms with Gasteiger partial charge in [-0.3, -0.25) is 14.6 Å². The largest absolute Gasteiger partial charge is 0.483 e. The van der Waals surface area contributed by atoms with Crippen molar-refractivity contribution in [2.24, 2.45) is 0 Å². The van der Waals surface area contributed by atoms with Crippen LogP contribution in [0.2, 0.25) is 10.0 Å². The first-order valence-corrected chi connectivity index (χ1v) is 9.15. The molecule has 0 bridgehead atoms. The van der Waals surface area contributed by atoms with Gasteiger partial charge >= 0.3 is 0 Å². The number of fused-ring (bicyclic) bond motifs is 1. The fourth-order valence-electron chi connectivity index (χ4n) is 2.70. The van der Waals surface area contributed by atoms with E-state index in [2.05, 4.69) is 15.6 Å². The zero-order valence-electron chi connectivity index (χ0n) is 15.2. The minimum atomic E-state index is -0.446. The van der Waals surface area contributed by atoms with Crippen molar-refractivity contribution in [3.63, 3.8) is 0 Å². The van der Waals surface area contributed by atoms with Crippen LogP contribution in [-0.2, 0) is 4.79 Å². The van der Waals surface area contributed by atoms with Gasteiger partial charge in [-0.25, -0.2) is 0 Å². The highest BCUT2D eigenvalue weighted by Crippen LogP contribution is 2.33. The number of hydrogen-bond donors (Lipinski definition) is 2. The van der Waals surface area contributed by atoms with E-state index in [1.165, 1.54) is 7.05 Å². The monoisotopic (exact) mass is 417 g/mol. The summed E-state index contributed by atoms with van der Waals surface area (Å²) in [5.74, 6) is -0.166. The molecular formula is C20H17Cl2N3O3. The van der Waals surface area contributed by atoms with E-state index in [-0.39, 0.29) is 28.1 Å². The lowest BCUT2D eigenvalue weighted by atomic mass is 10.1. The van der Waals surface area contributed by atoms with E-state index >= 15 is 0 Å². The van der Waals surface area contributed by atoms with E-state index < -0.39 is 5.91 Å². The summed E-state index contributed by atoms with van der Waals surface area (Å²) in [4.78, 5) is 28.7. The van der Waals surface area contributed by atoms with Gasteiger partial charge in [0.05, 0.1) is 26.8 Å². The van der Waals surface area contributed by atoms with Crippen LogP contribution in [0.15, 0.2) is 42.6 Å². The molecule has 0 aliphatic rings. The molecule has 2 amide bonds. The van der Waals surface area contributed by atoms with E-state index in [1.807, 2.05) is 13.0 Å². The van der Waals surface area contributed by atoms with Crippen LogP contribution in [-0.4, -0.2) is 30.5 Å². The molecule has 28 heavy (non-hydrogen) atoms. The Balaban J connectivity index is 1.99. The topological polar surface area (TPSA) is 80.3 Å². The summed E-state index contributed by atoms with van der Waals surface area (Å²) >= 11 is 12.2. The number of likely N-dealkylation sites (N-methyl/N-ethyl adjacent to an activating group) is 1. The zero-order valence-corrected chi connectivity index (χ0v) is 16.7. The van der Waals surface area contributed by atoms with Gasteiger partial charge in [-0.1, -0.05) is 35.3 Å². The SMILES string of the molecule is CNC(=O)COc1c(C)cnc2c(NC(=O)c3c(Cl)cccc3Cl)cccc12. The Kier molecular flexibility index (Phi) is 6.02. The summed E-state index contributed by atoms with van der Waals surface area (Å²) in [6.45, 7) is 1.71. The minimum absolute atomic E-state index is 0.123. The minimum Gasteiger partial charge on any atom is -0.483 e. The van der Waals surface area contributed by atoms with Crippen molar-refractivity contribution in [2.75, 3.05) is 19.0 Å². The molecule has 0 radical (unpaired) electrons. The molecule has 0 spiro atoms. The van der Waals surface area contributed by atoms with Crippen molar-refractivity contribution < 1.29 is 14.3 Å². The highest BCUT2D eigenvalue weighted by atomic mass is 35.5. The Morgan fingerprint density at radius 1 is 1.11 bits per heavy atom. The van der Waals surface area contributed by atoms with Gasteiger partial charge < -0.3 is 15.4 Å². The molecule has 0 unspecified atom stereocenters. The Morgan fingerprint density at radius 3 is 2.46 bits per heavy atom. The van der Waals surface area contributed by atoms with Crippen LogP contribution in [0.25, 0.3) is 10.9 Å². The molecule has 0 saturated carbocycles. The van der Waals surface area contributed by atoms with Crippen molar-refractivity contribution in [1.29, 1.82) is 0 Å². The summed E-state index contributed by atoms with van der Waals surface area (Å²) < 4.78 is 5.68. The van der Waals surface area contributed by atoms with Crippen LogP contribution in [0.5, 0.6) is 5.75 Å². The molecule has 0 atom stereocenters. The maximum Gasteiger partial charge on any atom is 0.258 e. The molecule has 0 saturated heterocycles. The molecule has 8 heteroatoms. The number of aryl methyl sites for hydroxylation is 1. The molecule has 2 N–H and O–H groups in total. The average Bonchev–Trinajstić information content (AvgIpc) is 2.67.